The number of aromatic nitrogens is 4. The molecule has 11 heteroatoms. The van der Waals surface area contributed by atoms with E-state index in [0.29, 0.717) is 16.5 Å². The van der Waals surface area contributed by atoms with E-state index >= 15 is 0 Å². The summed E-state index contributed by atoms with van der Waals surface area (Å²) in [5.74, 6) is 2.00. The number of nitrogens with zero attached hydrogens (tertiary/aromatic N) is 7. The first-order chi connectivity index (χ1) is 18.6. The lowest BCUT2D eigenvalue weighted by atomic mass is 10.1. The highest BCUT2D eigenvalue weighted by Gasteiger charge is 2.21. The van der Waals surface area contributed by atoms with Crippen LogP contribution in [-0.4, -0.2) is 86.1 Å². The van der Waals surface area contributed by atoms with Gasteiger partial charge in [-0.2, -0.15) is 0 Å². The van der Waals surface area contributed by atoms with Gasteiger partial charge < -0.3 is 33.3 Å². The Bertz CT molecular complexity index is 1410. The zero-order valence-electron chi connectivity index (χ0n) is 21.5. The number of anilines is 3. The van der Waals surface area contributed by atoms with Gasteiger partial charge >= 0.3 is 0 Å². The maximum atomic E-state index is 6.39. The Morgan fingerprint density at radius 2 is 1.50 bits per heavy atom. The quantitative estimate of drug-likeness (QED) is 0.367. The topological polar surface area (TPSA) is 80.5 Å². The van der Waals surface area contributed by atoms with Crippen LogP contribution in [0.2, 0.25) is 5.02 Å². The maximum Gasteiger partial charge on any atom is 0.225 e. The monoisotopic (exact) mass is 535 g/mol. The van der Waals surface area contributed by atoms with Crippen molar-refractivity contribution in [2.45, 2.75) is 0 Å². The van der Waals surface area contributed by atoms with Crippen molar-refractivity contribution < 1.29 is 14.2 Å². The summed E-state index contributed by atoms with van der Waals surface area (Å²) in [4.78, 5) is 21.1. The van der Waals surface area contributed by atoms with Crippen LogP contribution in [0.4, 0.5) is 17.3 Å². The number of morpholine rings is 1. The lowest BCUT2D eigenvalue weighted by Gasteiger charge is -2.36. The van der Waals surface area contributed by atoms with Crippen molar-refractivity contribution in [1.29, 1.82) is 0 Å². The second kappa shape index (κ2) is 10.5. The minimum atomic E-state index is 0.513. The lowest BCUT2D eigenvalue weighted by molar-refractivity contribution is 0.122. The SMILES string of the molecule is COc1cc(OC)c(-c2cn3ccc(N4CCN(c5ncc(N6CCOCC6)cn5)CC4)cc3n2)cc1Cl. The highest BCUT2D eigenvalue weighted by Crippen LogP contribution is 2.38. The Morgan fingerprint density at radius 1 is 0.816 bits per heavy atom. The molecule has 3 aromatic heterocycles. The Balaban J connectivity index is 1.15. The van der Waals surface area contributed by atoms with Crippen LogP contribution in [0.25, 0.3) is 16.9 Å². The first kappa shape index (κ1) is 24.6. The molecule has 0 saturated carbocycles. The fraction of sp³-hybridized carbons (Fsp3) is 0.370. The molecule has 0 N–H and O–H groups in total. The van der Waals surface area contributed by atoms with Crippen LogP contribution in [0.1, 0.15) is 0 Å². The fourth-order valence-corrected chi connectivity index (χ4v) is 5.23. The van der Waals surface area contributed by atoms with Gasteiger partial charge in [0.25, 0.3) is 0 Å². The van der Waals surface area contributed by atoms with Gasteiger partial charge in [-0.3, -0.25) is 0 Å². The molecule has 0 amide bonds. The van der Waals surface area contributed by atoms with Crippen molar-refractivity contribution in [3.8, 4) is 22.8 Å². The molecule has 0 spiro atoms. The number of ether oxygens (including phenoxy) is 3. The van der Waals surface area contributed by atoms with E-state index in [1.165, 1.54) is 0 Å². The average Bonchev–Trinajstić information content (AvgIpc) is 3.41. The van der Waals surface area contributed by atoms with E-state index in [9.17, 15) is 0 Å². The normalized spacial score (nSPS) is 16.2. The molecule has 2 saturated heterocycles. The molecule has 38 heavy (non-hydrogen) atoms. The number of methoxy groups -OCH3 is 2. The molecule has 2 aliphatic rings. The van der Waals surface area contributed by atoms with E-state index in [1.807, 2.05) is 35.3 Å². The molecule has 0 atom stereocenters. The summed E-state index contributed by atoms with van der Waals surface area (Å²) >= 11 is 6.39. The zero-order valence-corrected chi connectivity index (χ0v) is 22.3. The highest BCUT2D eigenvalue weighted by atomic mass is 35.5. The fourth-order valence-electron chi connectivity index (χ4n) is 4.99. The zero-order chi connectivity index (χ0) is 26.1. The van der Waals surface area contributed by atoms with E-state index in [4.69, 9.17) is 30.8 Å². The van der Waals surface area contributed by atoms with Crippen molar-refractivity contribution in [3.05, 3.63) is 54.1 Å². The van der Waals surface area contributed by atoms with E-state index in [-0.39, 0.29) is 0 Å². The molecular weight excluding hydrogens is 506 g/mol. The van der Waals surface area contributed by atoms with E-state index < -0.39 is 0 Å². The van der Waals surface area contributed by atoms with Crippen molar-refractivity contribution in [3.63, 3.8) is 0 Å². The number of hydrogen-bond donors (Lipinski definition) is 0. The number of halogens is 1. The number of fused-ring (bicyclic) bond motifs is 1. The molecule has 6 rings (SSSR count). The van der Waals surface area contributed by atoms with Crippen molar-refractivity contribution >= 4 is 34.6 Å². The summed E-state index contributed by atoms with van der Waals surface area (Å²) < 4.78 is 18.4. The van der Waals surface area contributed by atoms with Gasteiger partial charge in [-0.1, -0.05) is 11.6 Å². The van der Waals surface area contributed by atoms with Gasteiger partial charge in [0.05, 0.1) is 56.2 Å². The summed E-state index contributed by atoms with van der Waals surface area (Å²) in [7, 11) is 3.21. The minimum Gasteiger partial charge on any atom is -0.496 e. The molecule has 5 heterocycles. The average molecular weight is 536 g/mol. The molecule has 0 unspecified atom stereocenters. The minimum absolute atomic E-state index is 0.513. The third kappa shape index (κ3) is 4.77. The summed E-state index contributed by atoms with van der Waals surface area (Å²) in [5, 5.41) is 0.513. The molecule has 4 aromatic rings. The van der Waals surface area contributed by atoms with E-state index in [2.05, 4.69) is 36.8 Å². The number of pyridine rings is 1. The van der Waals surface area contributed by atoms with Crippen LogP contribution in [0, 0.1) is 0 Å². The molecular formula is C27H30ClN7O3. The van der Waals surface area contributed by atoms with Crippen molar-refractivity contribution in [2.24, 2.45) is 0 Å². The van der Waals surface area contributed by atoms with Gasteiger partial charge in [0.15, 0.2) is 0 Å². The first-order valence-electron chi connectivity index (χ1n) is 12.7. The van der Waals surface area contributed by atoms with Gasteiger partial charge in [-0.25, -0.2) is 15.0 Å². The van der Waals surface area contributed by atoms with Crippen LogP contribution >= 0.6 is 11.6 Å². The number of benzene rings is 1. The van der Waals surface area contributed by atoms with E-state index in [0.717, 1.165) is 86.7 Å². The van der Waals surface area contributed by atoms with Gasteiger partial charge in [-0.15, -0.1) is 0 Å². The van der Waals surface area contributed by atoms with Crippen molar-refractivity contribution in [1.82, 2.24) is 19.4 Å². The number of rotatable bonds is 6. The molecule has 0 bridgehead atoms. The largest absolute Gasteiger partial charge is 0.496 e. The molecule has 2 fully saturated rings. The lowest BCUT2D eigenvalue weighted by Crippen LogP contribution is -2.47. The summed E-state index contributed by atoms with van der Waals surface area (Å²) in [5.41, 5.74) is 4.65. The smallest absolute Gasteiger partial charge is 0.225 e. The Labute approximate surface area is 226 Å². The predicted molar refractivity (Wildman–Crippen MR) is 148 cm³/mol. The standard InChI is InChI=1S/C27H30ClN7O3/c1-36-24-15-25(37-2)22(28)14-21(24)23-18-35-4-3-19(13-26(35)31-23)32-5-7-34(8-6-32)27-29-16-20(17-30-27)33-9-11-38-12-10-33/h3-4,13-18H,5-12H2,1-2H3. The Morgan fingerprint density at radius 3 is 2.21 bits per heavy atom. The van der Waals surface area contributed by atoms with Gasteiger partial charge in [-0.05, 0) is 12.1 Å². The van der Waals surface area contributed by atoms with Crippen LogP contribution in [0.15, 0.2) is 49.1 Å². The maximum absolute atomic E-state index is 6.39. The third-order valence-corrected chi connectivity index (χ3v) is 7.42. The second-order valence-electron chi connectivity index (χ2n) is 9.28. The summed E-state index contributed by atoms with van der Waals surface area (Å²) in [6.45, 7) is 6.71. The van der Waals surface area contributed by atoms with Crippen LogP contribution in [0.3, 0.4) is 0 Å². The number of hydrogen-bond acceptors (Lipinski definition) is 9. The predicted octanol–water partition coefficient (Wildman–Crippen LogP) is 3.63. The Hall–Kier alpha value is -3.76. The Kier molecular flexibility index (Phi) is 6.82. The molecule has 0 aliphatic carbocycles. The summed E-state index contributed by atoms with van der Waals surface area (Å²) in [6.07, 6.45) is 7.87. The highest BCUT2D eigenvalue weighted by molar-refractivity contribution is 6.32. The first-order valence-corrected chi connectivity index (χ1v) is 13.1. The number of imidazole rings is 1. The molecule has 198 valence electrons. The summed E-state index contributed by atoms with van der Waals surface area (Å²) in [6, 6.07) is 7.85. The molecule has 2 aliphatic heterocycles. The van der Waals surface area contributed by atoms with Crippen LogP contribution < -0.4 is 24.2 Å². The second-order valence-corrected chi connectivity index (χ2v) is 9.69. The van der Waals surface area contributed by atoms with Crippen molar-refractivity contribution in [2.75, 3.05) is 81.4 Å². The van der Waals surface area contributed by atoms with Gasteiger partial charge in [0.2, 0.25) is 5.95 Å². The van der Waals surface area contributed by atoms with Gasteiger partial charge in [0, 0.05) is 75.0 Å². The number of piperazine rings is 1. The molecule has 10 nitrogen and oxygen atoms in total. The van der Waals surface area contributed by atoms with Crippen LogP contribution in [0.5, 0.6) is 11.5 Å². The van der Waals surface area contributed by atoms with Crippen LogP contribution in [-0.2, 0) is 4.74 Å². The van der Waals surface area contributed by atoms with E-state index in [1.54, 1.807) is 20.3 Å². The van der Waals surface area contributed by atoms with Gasteiger partial charge in [0.1, 0.15) is 17.1 Å². The molecule has 0 radical (unpaired) electrons. The molecule has 1 aromatic carbocycles. The third-order valence-electron chi connectivity index (χ3n) is 7.12.